The molecule has 2 rings (SSSR count). The van der Waals surface area contributed by atoms with Gasteiger partial charge in [-0.1, -0.05) is 5.04 Å². The first-order valence-corrected chi connectivity index (χ1v) is 11.7. The summed E-state index contributed by atoms with van der Waals surface area (Å²) in [5.41, 5.74) is 5.89. The molecule has 32 heavy (non-hydrogen) atoms. The number of hydrogen-bond donors (Lipinski definition) is 7. The van der Waals surface area contributed by atoms with Crippen molar-refractivity contribution in [2.45, 2.75) is 22.6 Å². The van der Waals surface area contributed by atoms with E-state index in [4.69, 9.17) is 11.0 Å². The first kappa shape index (κ1) is 25.9. The van der Waals surface area contributed by atoms with E-state index in [0.29, 0.717) is 23.5 Å². The molecule has 14 nitrogen and oxygen atoms in total. The van der Waals surface area contributed by atoms with Gasteiger partial charge in [0.25, 0.3) is 10.1 Å². The Labute approximate surface area is 189 Å². The Bertz CT molecular complexity index is 966. The van der Waals surface area contributed by atoms with Gasteiger partial charge in [0.1, 0.15) is 0 Å². The maximum Gasteiger partial charge on any atom is 0.294 e. The number of nitrogens with two attached hydrogens (primary N) is 1. The largest absolute Gasteiger partial charge is 0.368 e. The second-order valence-corrected chi connectivity index (χ2v) is 8.48. The maximum atomic E-state index is 11.5. The summed E-state index contributed by atoms with van der Waals surface area (Å²) in [6, 6.07) is 3.60. The summed E-state index contributed by atoms with van der Waals surface area (Å²) in [4.78, 5) is 12.1. The van der Waals surface area contributed by atoms with Crippen molar-refractivity contribution in [3.05, 3.63) is 18.2 Å². The van der Waals surface area contributed by atoms with E-state index in [0.717, 1.165) is 44.6 Å². The molecule has 1 heterocycles. The number of rotatable bonds is 15. The summed E-state index contributed by atoms with van der Waals surface area (Å²) >= 11 is 0.580. The molecule has 8 N–H and O–H groups in total. The highest BCUT2D eigenvalue weighted by Crippen LogP contribution is 2.32. The fraction of sp³-hybridized carbons (Fsp3) is 0.438. The Morgan fingerprint density at radius 2 is 1.81 bits per heavy atom. The van der Waals surface area contributed by atoms with E-state index in [1.54, 1.807) is 0 Å². The Kier molecular flexibility index (Phi) is 10.8. The van der Waals surface area contributed by atoms with Crippen LogP contribution in [0.25, 0.3) is 0 Å². The van der Waals surface area contributed by atoms with Gasteiger partial charge in [0.05, 0.1) is 27.5 Å². The molecule has 178 valence electrons. The Hall–Kier alpha value is -2.31. The average molecular weight is 491 g/mol. The van der Waals surface area contributed by atoms with Crippen LogP contribution >= 0.6 is 12.0 Å². The van der Waals surface area contributed by atoms with Gasteiger partial charge in [-0.25, -0.2) is 5.26 Å². The van der Waals surface area contributed by atoms with Crippen LogP contribution in [0.4, 0.5) is 23.5 Å². The van der Waals surface area contributed by atoms with Crippen LogP contribution in [0.15, 0.2) is 28.0 Å². The topological polar surface area (TPSA) is 206 Å². The quantitative estimate of drug-likeness (QED) is 0.0608. The molecule has 0 amide bonds. The zero-order chi connectivity index (χ0) is 23.4. The fourth-order valence-electron chi connectivity index (χ4n) is 2.47. The first-order chi connectivity index (χ1) is 15.3. The third kappa shape index (κ3) is 9.05. The van der Waals surface area contributed by atoms with Crippen LogP contribution in [-0.2, 0) is 19.5 Å². The molecule has 0 radical (unpaired) electrons. The summed E-state index contributed by atoms with van der Waals surface area (Å²) < 4.78 is 36.6. The molecule has 0 spiro atoms. The molecule has 0 saturated heterocycles. The van der Waals surface area contributed by atoms with E-state index in [1.165, 1.54) is 6.07 Å². The van der Waals surface area contributed by atoms with Crippen molar-refractivity contribution in [2.75, 3.05) is 49.6 Å². The van der Waals surface area contributed by atoms with Gasteiger partial charge in [0.15, 0.2) is 0 Å². The lowest BCUT2D eigenvalue weighted by atomic mass is 10.3. The van der Waals surface area contributed by atoms with Crippen LogP contribution in [0.3, 0.4) is 0 Å². The molecule has 0 aliphatic carbocycles. The predicted octanol–water partition coefficient (Wildman–Crippen LogP) is 0.874. The van der Waals surface area contributed by atoms with Gasteiger partial charge in [-0.2, -0.15) is 23.4 Å². The predicted molar refractivity (Wildman–Crippen MR) is 119 cm³/mol. The minimum atomic E-state index is -4.47. The molecular formula is C16H26N8O6S2. The van der Waals surface area contributed by atoms with Crippen molar-refractivity contribution in [3.63, 3.8) is 0 Å². The zero-order valence-corrected chi connectivity index (χ0v) is 18.9. The summed E-state index contributed by atoms with van der Waals surface area (Å²) in [5.74, 6) is 0.181. The van der Waals surface area contributed by atoms with Crippen LogP contribution in [0.1, 0.15) is 12.8 Å². The SMILES string of the molecule is CNCCCNCCCNc1nc(N)nc(Nc2cc(S(=O)(=O)O)ccc2SOOO)n1. The summed E-state index contributed by atoms with van der Waals surface area (Å²) in [6.07, 6.45) is 1.86. The summed E-state index contributed by atoms with van der Waals surface area (Å²) in [6.45, 7) is 3.28. The molecule has 0 atom stereocenters. The summed E-state index contributed by atoms with van der Waals surface area (Å²) in [5, 5.41) is 24.2. The molecule has 0 saturated carbocycles. The van der Waals surface area contributed by atoms with Crippen molar-refractivity contribution >= 4 is 45.7 Å². The van der Waals surface area contributed by atoms with Crippen molar-refractivity contribution in [2.24, 2.45) is 0 Å². The van der Waals surface area contributed by atoms with Crippen LogP contribution < -0.4 is 27.0 Å². The molecule has 1 aromatic carbocycles. The minimum Gasteiger partial charge on any atom is -0.368 e. The molecular weight excluding hydrogens is 464 g/mol. The lowest BCUT2D eigenvalue weighted by molar-refractivity contribution is -0.432. The molecule has 16 heteroatoms. The fourth-order valence-corrected chi connectivity index (χ4v) is 3.40. The number of aromatic nitrogens is 3. The number of hydrogen-bond acceptors (Lipinski definition) is 14. The van der Waals surface area contributed by atoms with Crippen LogP contribution in [0, 0.1) is 0 Å². The third-order valence-corrected chi connectivity index (χ3v) is 5.41. The highest BCUT2D eigenvalue weighted by Gasteiger charge is 2.15. The van der Waals surface area contributed by atoms with E-state index < -0.39 is 10.1 Å². The van der Waals surface area contributed by atoms with Crippen molar-refractivity contribution in [1.82, 2.24) is 25.6 Å². The smallest absolute Gasteiger partial charge is 0.294 e. The Morgan fingerprint density at radius 1 is 1.09 bits per heavy atom. The third-order valence-electron chi connectivity index (χ3n) is 3.90. The molecule has 0 aliphatic rings. The van der Waals surface area contributed by atoms with E-state index >= 15 is 0 Å². The molecule has 0 unspecified atom stereocenters. The minimum absolute atomic E-state index is 0.0180. The van der Waals surface area contributed by atoms with Gasteiger partial charge in [-0.15, -0.1) is 4.33 Å². The van der Waals surface area contributed by atoms with E-state index in [9.17, 15) is 13.0 Å². The van der Waals surface area contributed by atoms with Crippen molar-refractivity contribution in [3.8, 4) is 0 Å². The van der Waals surface area contributed by atoms with Gasteiger partial charge < -0.3 is 27.0 Å². The Balaban J connectivity index is 2.05. The molecule has 0 aliphatic heterocycles. The second kappa shape index (κ2) is 13.3. The highest BCUT2D eigenvalue weighted by molar-refractivity contribution is 7.94. The number of nitrogens with one attached hydrogen (secondary N) is 4. The molecule has 1 aromatic heterocycles. The van der Waals surface area contributed by atoms with Crippen LogP contribution in [0.2, 0.25) is 0 Å². The molecule has 0 bridgehead atoms. The average Bonchev–Trinajstić information content (AvgIpc) is 2.73. The van der Waals surface area contributed by atoms with Gasteiger partial charge in [-0.05, 0) is 57.7 Å². The highest BCUT2D eigenvalue weighted by atomic mass is 32.2. The van der Waals surface area contributed by atoms with Gasteiger partial charge in [0.2, 0.25) is 17.8 Å². The van der Waals surface area contributed by atoms with E-state index in [-0.39, 0.29) is 28.4 Å². The number of nitrogens with zero attached hydrogens (tertiary/aromatic N) is 3. The van der Waals surface area contributed by atoms with E-state index in [1.807, 2.05) is 7.05 Å². The number of anilines is 4. The lowest BCUT2D eigenvalue weighted by Crippen LogP contribution is -2.22. The standard InChI is InChI=1S/C16H26N8O6S2/c1-18-6-2-7-19-8-3-9-20-15-22-14(17)23-16(24-15)21-12-10-11(32(26,27)28)4-5-13(12)31-30-29-25/h4-5,10,18-19,25H,2-3,6-9H2,1H3,(H,26,27,28)(H4,17,20,21,22,23,24). The van der Waals surface area contributed by atoms with Crippen molar-refractivity contribution in [1.29, 1.82) is 0 Å². The lowest BCUT2D eigenvalue weighted by Gasteiger charge is -2.12. The van der Waals surface area contributed by atoms with Gasteiger partial charge in [-0.3, -0.25) is 4.55 Å². The van der Waals surface area contributed by atoms with Crippen LogP contribution in [0.5, 0.6) is 0 Å². The van der Waals surface area contributed by atoms with Gasteiger partial charge >= 0.3 is 0 Å². The molecule has 0 fully saturated rings. The molecule has 2 aromatic rings. The van der Waals surface area contributed by atoms with Crippen molar-refractivity contribution < 1.29 is 27.6 Å². The zero-order valence-electron chi connectivity index (χ0n) is 17.2. The normalized spacial score (nSPS) is 11.5. The number of benzene rings is 1. The van der Waals surface area contributed by atoms with E-state index in [2.05, 4.69) is 45.6 Å². The maximum absolute atomic E-state index is 11.5. The van der Waals surface area contributed by atoms with Gasteiger partial charge in [0, 0.05) is 6.54 Å². The van der Waals surface area contributed by atoms with Crippen LogP contribution in [-0.4, -0.2) is 66.4 Å². The second-order valence-electron chi connectivity index (χ2n) is 6.31. The first-order valence-electron chi connectivity index (χ1n) is 9.47. The Morgan fingerprint density at radius 3 is 2.50 bits per heavy atom. The monoisotopic (exact) mass is 490 g/mol. The number of nitrogen functional groups attached to an aromatic ring is 1. The summed E-state index contributed by atoms with van der Waals surface area (Å²) in [7, 11) is -2.55.